The maximum atomic E-state index is 10.9. The number of rotatable bonds is 4. The van der Waals surface area contributed by atoms with Crippen molar-refractivity contribution in [1.82, 2.24) is 15.1 Å². The maximum absolute atomic E-state index is 10.9. The molecule has 0 saturated carbocycles. The lowest BCUT2D eigenvalue weighted by Gasteiger charge is -2.04. The summed E-state index contributed by atoms with van der Waals surface area (Å²) >= 11 is 0. The van der Waals surface area contributed by atoms with Gasteiger partial charge in [-0.15, -0.1) is 0 Å². The van der Waals surface area contributed by atoms with Gasteiger partial charge in [-0.1, -0.05) is 0 Å². The summed E-state index contributed by atoms with van der Waals surface area (Å²) in [4.78, 5) is 10.9. The van der Waals surface area contributed by atoms with Gasteiger partial charge < -0.3 is 11.1 Å². The summed E-state index contributed by atoms with van der Waals surface area (Å²) in [6.45, 7) is 4.67. The maximum Gasteiger partial charge on any atom is 0.233 e. The summed E-state index contributed by atoms with van der Waals surface area (Å²) in [6, 6.07) is 0. The molecule has 0 bridgehead atoms. The molecule has 5 nitrogen and oxygen atoms in total. The van der Waals surface area contributed by atoms with Gasteiger partial charge in [0, 0.05) is 19.3 Å². The zero-order valence-corrected chi connectivity index (χ0v) is 9.50. The van der Waals surface area contributed by atoms with Gasteiger partial charge in [0.2, 0.25) is 5.91 Å². The SMILES string of the molecule is Cc1nn(C)c(C)c1CCNC(=O)CN. The smallest absolute Gasteiger partial charge is 0.233 e. The average Bonchev–Trinajstić information content (AvgIpc) is 2.44. The molecule has 0 aromatic carbocycles. The molecule has 0 aliphatic carbocycles. The van der Waals surface area contributed by atoms with Gasteiger partial charge in [-0.25, -0.2) is 0 Å². The summed E-state index contributed by atoms with van der Waals surface area (Å²) in [7, 11) is 1.92. The van der Waals surface area contributed by atoms with Crippen LogP contribution in [0.2, 0.25) is 0 Å². The highest BCUT2D eigenvalue weighted by Crippen LogP contribution is 2.11. The number of amides is 1. The van der Waals surface area contributed by atoms with Crippen LogP contribution in [0.1, 0.15) is 17.0 Å². The van der Waals surface area contributed by atoms with Crippen molar-refractivity contribution in [2.45, 2.75) is 20.3 Å². The van der Waals surface area contributed by atoms with Crippen molar-refractivity contribution in [3.8, 4) is 0 Å². The molecule has 0 atom stereocenters. The molecule has 0 fully saturated rings. The first-order valence-electron chi connectivity index (χ1n) is 5.02. The van der Waals surface area contributed by atoms with E-state index in [9.17, 15) is 4.79 Å². The van der Waals surface area contributed by atoms with Crippen LogP contribution < -0.4 is 11.1 Å². The fraction of sp³-hybridized carbons (Fsp3) is 0.600. The molecule has 1 heterocycles. The van der Waals surface area contributed by atoms with Gasteiger partial charge in [-0.05, 0) is 25.8 Å². The summed E-state index contributed by atoms with van der Waals surface area (Å²) in [6.07, 6.45) is 0.803. The summed E-state index contributed by atoms with van der Waals surface area (Å²) in [5.41, 5.74) is 8.56. The number of nitrogens with zero attached hydrogens (tertiary/aromatic N) is 2. The van der Waals surface area contributed by atoms with Crippen LogP contribution in [-0.4, -0.2) is 28.8 Å². The number of nitrogens with one attached hydrogen (secondary N) is 1. The fourth-order valence-electron chi connectivity index (χ4n) is 1.58. The highest BCUT2D eigenvalue weighted by molar-refractivity contribution is 5.77. The van der Waals surface area contributed by atoms with Crippen LogP contribution >= 0.6 is 0 Å². The molecule has 3 N–H and O–H groups in total. The zero-order valence-electron chi connectivity index (χ0n) is 9.50. The van der Waals surface area contributed by atoms with Crippen LogP contribution in [0, 0.1) is 13.8 Å². The molecule has 0 aliphatic rings. The molecule has 1 amide bonds. The van der Waals surface area contributed by atoms with Gasteiger partial charge in [0.25, 0.3) is 0 Å². The molecule has 15 heavy (non-hydrogen) atoms. The number of aryl methyl sites for hydroxylation is 2. The molecular weight excluding hydrogens is 192 g/mol. The first kappa shape index (κ1) is 11.7. The standard InChI is InChI=1S/C10H18N4O/c1-7-9(8(2)14(3)13-7)4-5-12-10(15)6-11/h4-6,11H2,1-3H3,(H,12,15). The van der Waals surface area contributed by atoms with Crippen molar-refractivity contribution in [3.05, 3.63) is 17.0 Å². The van der Waals surface area contributed by atoms with Crippen molar-refractivity contribution >= 4 is 5.91 Å². The van der Waals surface area contributed by atoms with Crippen molar-refractivity contribution in [2.75, 3.05) is 13.1 Å². The van der Waals surface area contributed by atoms with E-state index in [0.717, 1.165) is 17.8 Å². The number of carbonyl (C=O) groups is 1. The first-order chi connectivity index (χ1) is 7.06. The van der Waals surface area contributed by atoms with E-state index in [1.165, 1.54) is 5.56 Å². The van der Waals surface area contributed by atoms with E-state index in [1.807, 2.05) is 25.6 Å². The van der Waals surface area contributed by atoms with E-state index in [-0.39, 0.29) is 12.5 Å². The molecule has 1 aromatic rings. The van der Waals surface area contributed by atoms with Gasteiger partial charge >= 0.3 is 0 Å². The monoisotopic (exact) mass is 210 g/mol. The fourth-order valence-corrected chi connectivity index (χ4v) is 1.58. The average molecular weight is 210 g/mol. The number of carbonyl (C=O) groups excluding carboxylic acids is 1. The molecule has 1 rings (SSSR count). The highest BCUT2D eigenvalue weighted by Gasteiger charge is 2.08. The summed E-state index contributed by atoms with van der Waals surface area (Å²) in [5.74, 6) is -0.116. The third-order valence-corrected chi connectivity index (χ3v) is 2.54. The molecule has 0 radical (unpaired) electrons. The molecule has 0 saturated heterocycles. The topological polar surface area (TPSA) is 72.9 Å². The number of nitrogens with two attached hydrogens (primary N) is 1. The van der Waals surface area contributed by atoms with Crippen LogP contribution in [0.3, 0.4) is 0 Å². The minimum atomic E-state index is -0.116. The van der Waals surface area contributed by atoms with Crippen molar-refractivity contribution in [2.24, 2.45) is 12.8 Å². The predicted octanol–water partition coefficient (Wildman–Crippen LogP) is -0.346. The highest BCUT2D eigenvalue weighted by atomic mass is 16.1. The Kier molecular flexibility index (Phi) is 3.85. The largest absolute Gasteiger partial charge is 0.355 e. The second-order valence-electron chi connectivity index (χ2n) is 3.58. The molecule has 0 aliphatic heterocycles. The lowest BCUT2D eigenvalue weighted by molar-refractivity contribution is -0.119. The zero-order chi connectivity index (χ0) is 11.4. The number of aromatic nitrogens is 2. The van der Waals surface area contributed by atoms with Crippen LogP contribution in [-0.2, 0) is 18.3 Å². The first-order valence-corrected chi connectivity index (χ1v) is 5.02. The summed E-state index contributed by atoms with van der Waals surface area (Å²) < 4.78 is 1.86. The predicted molar refractivity (Wildman–Crippen MR) is 58.5 cm³/mol. The molecular formula is C10H18N4O. The van der Waals surface area contributed by atoms with Crippen LogP contribution in [0.5, 0.6) is 0 Å². The molecule has 0 spiro atoms. The van der Waals surface area contributed by atoms with E-state index < -0.39 is 0 Å². The normalized spacial score (nSPS) is 10.4. The third-order valence-electron chi connectivity index (χ3n) is 2.54. The Morgan fingerprint density at radius 3 is 2.67 bits per heavy atom. The Labute approximate surface area is 89.6 Å². The van der Waals surface area contributed by atoms with Gasteiger partial charge in [0.1, 0.15) is 0 Å². The van der Waals surface area contributed by atoms with Gasteiger partial charge in [-0.2, -0.15) is 5.10 Å². The van der Waals surface area contributed by atoms with E-state index in [1.54, 1.807) is 0 Å². The Morgan fingerprint density at radius 1 is 1.53 bits per heavy atom. The quantitative estimate of drug-likeness (QED) is 0.713. The third kappa shape index (κ3) is 2.79. The van der Waals surface area contributed by atoms with Gasteiger partial charge in [0.05, 0.1) is 12.2 Å². The minimum Gasteiger partial charge on any atom is -0.355 e. The van der Waals surface area contributed by atoms with Crippen LogP contribution in [0.25, 0.3) is 0 Å². The molecule has 1 aromatic heterocycles. The summed E-state index contributed by atoms with van der Waals surface area (Å²) in [5, 5.41) is 7.05. The Balaban J connectivity index is 2.54. The minimum absolute atomic E-state index is 0.0466. The van der Waals surface area contributed by atoms with Gasteiger partial charge in [0.15, 0.2) is 0 Å². The second kappa shape index (κ2) is 4.93. The Hall–Kier alpha value is -1.36. The van der Waals surface area contributed by atoms with E-state index in [4.69, 9.17) is 5.73 Å². The molecule has 0 unspecified atom stereocenters. The van der Waals surface area contributed by atoms with Crippen LogP contribution in [0.15, 0.2) is 0 Å². The van der Waals surface area contributed by atoms with E-state index in [0.29, 0.717) is 6.54 Å². The molecule has 84 valence electrons. The Bertz CT molecular complexity index is 357. The van der Waals surface area contributed by atoms with E-state index in [2.05, 4.69) is 10.4 Å². The van der Waals surface area contributed by atoms with E-state index >= 15 is 0 Å². The van der Waals surface area contributed by atoms with Crippen molar-refractivity contribution in [3.63, 3.8) is 0 Å². The Morgan fingerprint density at radius 2 is 2.20 bits per heavy atom. The molecule has 5 heteroatoms. The number of hydrogen-bond acceptors (Lipinski definition) is 3. The van der Waals surface area contributed by atoms with Gasteiger partial charge in [-0.3, -0.25) is 9.48 Å². The second-order valence-corrected chi connectivity index (χ2v) is 3.58. The lowest BCUT2D eigenvalue weighted by atomic mass is 10.1. The lowest BCUT2D eigenvalue weighted by Crippen LogP contribution is -2.31. The van der Waals surface area contributed by atoms with Crippen molar-refractivity contribution < 1.29 is 4.79 Å². The number of hydrogen-bond donors (Lipinski definition) is 2. The van der Waals surface area contributed by atoms with Crippen LogP contribution in [0.4, 0.5) is 0 Å². The van der Waals surface area contributed by atoms with Crippen molar-refractivity contribution in [1.29, 1.82) is 0 Å².